The van der Waals surface area contributed by atoms with Crippen LogP contribution in [0.2, 0.25) is 0 Å². The molecule has 0 amide bonds. The zero-order chi connectivity index (χ0) is 15.2. The predicted molar refractivity (Wildman–Crippen MR) is 88.6 cm³/mol. The van der Waals surface area contributed by atoms with Gasteiger partial charge in [0.1, 0.15) is 0 Å². The van der Waals surface area contributed by atoms with Gasteiger partial charge in [-0.2, -0.15) is 0 Å². The quantitative estimate of drug-likeness (QED) is 0.799. The van der Waals surface area contributed by atoms with E-state index in [1.807, 2.05) is 0 Å². The molecule has 2 aliphatic heterocycles. The van der Waals surface area contributed by atoms with E-state index in [9.17, 15) is 0 Å². The van der Waals surface area contributed by atoms with Crippen LogP contribution >= 0.6 is 0 Å². The molecule has 22 heavy (non-hydrogen) atoms. The van der Waals surface area contributed by atoms with Gasteiger partial charge in [-0.15, -0.1) is 0 Å². The second-order valence-electron chi connectivity index (χ2n) is 6.48. The van der Waals surface area contributed by atoms with Gasteiger partial charge in [-0.1, -0.05) is 6.42 Å². The Morgan fingerprint density at radius 3 is 2.45 bits per heavy atom. The van der Waals surface area contributed by atoms with Crippen LogP contribution in [0.25, 0.3) is 0 Å². The van der Waals surface area contributed by atoms with Gasteiger partial charge in [0.25, 0.3) is 0 Å². The Labute approximate surface area is 133 Å². The van der Waals surface area contributed by atoms with Crippen molar-refractivity contribution in [3.63, 3.8) is 0 Å². The summed E-state index contributed by atoms with van der Waals surface area (Å²) in [6, 6.07) is 4.40. The molecule has 0 unspecified atom stereocenters. The summed E-state index contributed by atoms with van der Waals surface area (Å²) in [4.78, 5) is 2.42. The van der Waals surface area contributed by atoms with Gasteiger partial charge in [-0.3, -0.25) is 0 Å². The molecule has 4 nitrogen and oxygen atoms in total. The van der Waals surface area contributed by atoms with Crippen LogP contribution in [0.4, 0.5) is 0 Å². The SMILES string of the molecule is CN1CCCCNCCCCCc2cc3c(cc2C1)OCO3. The van der Waals surface area contributed by atoms with Gasteiger partial charge in [0.15, 0.2) is 11.5 Å². The predicted octanol–water partition coefficient (Wildman–Crippen LogP) is 2.94. The molecule has 0 saturated carbocycles. The molecular weight excluding hydrogens is 276 g/mol. The van der Waals surface area contributed by atoms with E-state index in [0.29, 0.717) is 6.79 Å². The van der Waals surface area contributed by atoms with Gasteiger partial charge >= 0.3 is 0 Å². The molecule has 2 aliphatic rings. The maximum absolute atomic E-state index is 5.56. The summed E-state index contributed by atoms with van der Waals surface area (Å²) in [6.07, 6.45) is 7.47. The van der Waals surface area contributed by atoms with Crippen molar-refractivity contribution >= 4 is 0 Å². The summed E-state index contributed by atoms with van der Waals surface area (Å²) in [7, 11) is 2.22. The minimum absolute atomic E-state index is 0.361. The highest BCUT2D eigenvalue weighted by Crippen LogP contribution is 2.35. The van der Waals surface area contributed by atoms with Gasteiger partial charge in [0.05, 0.1) is 0 Å². The van der Waals surface area contributed by atoms with E-state index in [1.54, 1.807) is 0 Å². The van der Waals surface area contributed by atoms with Crippen LogP contribution in [0.3, 0.4) is 0 Å². The Balaban J connectivity index is 1.75. The molecule has 1 N–H and O–H groups in total. The fourth-order valence-electron chi connectivity index (χ4n) is 3.27. The van der Waals surface area contributed by atoms with Crippen LogP contribution in [-0.2, 0) is 13.0 Å². The molecule has 0 saturated heterocycles. The minimum atomic E-state index is 0.361. The highest BCUT2D eigenvalue weighted by Gasteiger charge is 2.18. The molecule has 0 fully saturated rings. The second kappa shape index (κ2) is 7.84. The highest BCUT2D eigenvalue weighted by molar-refractivity contribution is 5.48. The average Bonchev–Trinajstić information content (AvgIpc) is 2.95. The Morgan fingerprint density at radius 2 is 1.64 bits per heavy atom. The molecule has 2 heterocycles. The molecule has 1 aromatic carbocycles. The van der Waals surface area contributed by atoms with Gasteiger partial charge in [0, 0.05) is 6.54 Å². The summed E-state index contributed by atoms with van der Waals surface area (Å²) in [5.74, 6) is 1.83. The number of ether oxygens (including phenoxy) is 2. The van der Waals surface area contributed by atoms with Gasteiger partial charge in [-0.25, -0.2) is 0 Å². The highest BCUT2D eigenvalue weighted by atomic mass is 16.7. The van der Waals surface area contributed by atoms with Crippen LogP contribution in [0.15, 0.2) is 12.1 Å². The summed E-state index contributed by atoms with van der Waals surface area (Å²) < 4.78 is 11.1. The number of fused-ring (bicyclic) bond motifs is 2. The van der Waals surface area contributed by atoms with Crippen LogP contribution in [0.1, 0.15) is 43.2 Å². The third kappa shape index (κ3) is 4.14. The van der Waals surface area contributed by atoms with Crippen molar-refractivity contribution in [1.29, 1.82) is 0 Å². The number of rotatable bonds is 0. The minimum Gasteiger partial charge on any atom is -0.454 e. The molecule has 0 spiro atoms. The number of benzene rings is 1. The zero-order valence-corrected chi connectivity index (χ0v) is 13.7. The standard InChI is InChI=1S/C18H28N2O2/c1-20-10-6-5-9-19-8-4-2-3-7-15-11-17-18(22-14-21-17)12-16(15)13-20/h11-12,19H,2-10,13-14H2,1H3. The van der Waals surface area contributed by atoms with Gasteiger partial charge < -0.3 is 19.7 Å². The van der Waals surface area contributed by atoms with Crippen molar-refractivity contribution in [3.8, 4) is 11.5 Å². The van der Waals surface area contributed by atoms with Crippen LogP contribution in [-0.4, -0.2) is 38.4 Å². The maximum atomic E-state index is 5.56. The van der Waals surface area contributed by atoms with E-state index < -0.39 is 0 Å². The van der Waals surface area contributed by atoms with E-state index in [0.717, 1.165) is 44.1 Å². The van der Waals surface area contributed by atoms with Crippen LogP contribution < -0.4 is 14.8 Å². The first kappa shape index (κ1) is 15.6. The van der Waals surface area contributed by atoms with Crippen molar-refractivity contribution < 1.29 is 9.47 Å². The molecular formula is C18H28N2O2. The lowest BCUT2D eigenvalue weighted by atomic mass is 9.99. The van der Waals surface area contributed by atoms with Crippen molar-refractivity contribution in [1.82, 2.24) is 10.2 Å². The Morgan fingerprint density at radius 1 is 0.909 bits per heavy atom. The molecule has 122 valence electrons. The first-order valence-electron chi connectivity index (χ1n) is 8.63. The van der Waals surface area contributed by atoms with E-state index in [2.05, 4.69) is 29.4 Å². The van der Waals surface area contributed by atoms with E-state index in [4.69, 9.17) is 9.47 Å². The Kier molecular flexibility index (Phi) is 5.57. The van der Waals surface area contributed by atoms with Crippen LogP contribution in [0.5, 0.6) is 11.5 Å². The molecule has 0 radical (unpaired) electrons. The number of nitrogens with one attached hydrogen (secondary N) is 1. The molecule has 0 atom stereocenters. The lowest BCUT2D eigenvalue weighted by Gasteiger charge is -2.20. The largest absolute Gasteiger partial charge is 0.454 e. The van der Waals surface area contributed by atoms with Crippen molar-refractivity contribution in [2.75, 3.05) is 33.5 Å². The first-order valence-corrected chi connectivity index (χ1v) is 8.63. The molecule has 3 rings (SSSR count). The lowest BCUT2D eigenvalue weighted by Crippen LogP contribution is -2.22. The van der Waals surface area contributed by atoms with Gasteiger partial charge in [-0.05, 0) is 82.0 Å². The number of hydrogen-bond acceptors (Lipinski definition) is 4. The maximum Gasteiger partial charge on any atom is 0.231 e. The smallest absolute Gasteiger partial charge is 0.231 e. The number of nitrogens with zero attached hydrogens (tertiary/aromatic N) is 1. The first-order chi connectivity index (χ1) is 10.8. The topological polar surface area (TPSA) is 33.7 Å². The Bertz CT molecular complexity index is 490. The second-order valence-corrected chi connectivity index (χ2v) is 6.48. The third-order valence-corrected chi connectivity index (χ3v) is 4.58. The number of aryl methyl sites for hydroxylation is 1. The molecule has 4 heteroatoms. The van der Waals surface area contributed by atoms with Crippen LogP contribution in [0, 0.1) is 0 Å². The van der Waals surface area contributed by atoms with Crippen molar-refractivity contribution in [2.45, 2.75) is 45.1 Å². The van der Waals surface area contributed by atoms with Crippen molar-refractivity contribution in [3.05, 3.63) is 23.3 Å². The third-order valence-electron chi connectivity index (χ3n) is 4.58. The summed E-state index contributed by atoms with van der Waals surface area (Å²) in [6.45, 7) is 4.82. The monoisotopic (exact) mass is 304 g/mol. The lowest BCUT2D eigenvalue weighted by molar-refractivity contribution is 0.174. The summed E-state index contributed by atoms with van der Waals surface area (Å²) >= 11 is 0. The summed E-state index contributed by atoms with van der Waals surface area (Å²) in [5.41, 5.74) is 2.84. The average molecular weight is 304 g/mol. The zero-order valence-electron chi connectivity index (χ0n) is 13.7. The molecule has 0 aliphatic carbocycles. The fraction of sp³-hybridized carbons (Fsp3) is 0.667. The van der Waals surface area contributed by atoms with Gasteiger partial charge in [0.2, 0.25) is 6.79 Å². The molecule has 0 bridgehead atoms. The summed E-state index contributed by atoms with van der Waals surface area (Å²) in [5, 5.41) is 3.55. The molecule has 1 aromatic rings. The molecule has 0 aromatic heterocycles. The number of hydrogen-bond donors (Lipinski definition) is 1. The Hall–Kier alpha value is -1.26. The normalized spacial score (nSPS) is 21.1. The van der Waals surface area contributed by atoms with E-state index in [1.165, 1.54) is 43.2 Å². The van der Waals surface area contributed by atoms with E-state index >= 15 is 0 Å². The van der Waals surface area contributed by atoms with Crippen molar-refractivity contribution in [2.24, 2.45) is 0 Å². The fourth-order valence-corrected chi connectivity index (χ4v) is 3.27. The van der Waals surface area contributed by atoms with E-state index in [-0.39, 0.29) is 0 Å².